The van der Waals surface area contributed by atoms with Gasteiger partial charge in [-0.05, 0) is 0 Å². The molecule has 3 N–H and O–H groups in total. The number of carbonyl (C=O) groups excluding carboxylic acids is 1. The number of hydrogen-bond donors (Lipinski definition) is 3. The van der Waals surface area contributed by atoms with Gasteiger partial charge in [-0.15, -0.1) is 0 Å². The number of H-pyrrole nitrogens is 1. The summed E-state index contributed by atoms with van der Waals surface area (Å²) in [7, 11) is 1.42. The van der Waals surface area contributed by atoms with E-state index >= 15 is 0 Å². The molecule has 8 nitrogen and oxygen atoms in total. The Kier molecular flexibility index (Phi) is 5.13. The van der Waals surface area contributed by atoms with Gasteiger partial charge in [0, 0.05) is 0 Å². The van der Waals surface area contributed by atoms with E-state index in [1.807, 2.05) is 6.07 Å². The molecule has 4 aliphatic heterocycles. The SMILES string of the molecule is COc1c(F)cccc1Nc1c2[nH]c3c1C(=O)N[C@@H](C3)[I-]N1CC(COc3cnccc3-2)C1. The summed E-state index contributed by atoms with van der Waals surface area (Å²) in [5, 5.41) is 6.49. The Bertz CT molecular complexity index is 1240. The van der Waals surface area contributed by atoms with E-state index in [-0.39, 0.29) is 37.2 Å². The van der Waals surface area contributed by atoms with Crippen LogP contribution in [0.15, 0.2) is 36.7 Å². The van der Waals surface area contributed by atoms with E-state index in [4.69, 9.17) is 9.47 Å². The third-order valence-corrected chi connectivity index (χ3v) is 9.10. The Balaban J connectivity index is 1.52. The van der Waals surface area contributed by atoms with Gasteiger partial charge >= 0.3 is 201 Å². The number of halogens is 2. The number of pyridine rings is 1. The maximum absolute atomic E-state index is 14.4. The molecule has 1 amide bonds. The van der Waals surface area contributed by atoms with Crippen LogP contribution in [0.5, 0.6) is 11.5 Å². The molecule has 5 bridgehead atoms. The summed E-state index contributed by atoms with van der Waals surface area (Å²) in [5.74, 6) is 0.598. The molecule has 0 radical (unpaired) electrons. The number of amides is 1. The van der Waals surface area contributed by atoms with Crippen molar-refractivity contribution in [2.45, 2.75) is 10.5 Å². The van der Waals surface area contributed by atoms with Gasteiger partial charge in [0.05, 0.1) is 0 Å². The van der Waals surface area contributed by atoms with Crippen molar-refractivity contribution < 1.29 is 40.1 Å². The molecule has 0 saturated carbocycles. The molecule has 1 aromatic carbocycles. The number of nitrogens with zero attached hydrogens (tertiary/aromatic N) is 2. The molecule has 33 heavy (non-hydrogen) atoms. The predicted octanol–water partition coefficient (Wildman–Crippen LogP) is -0.0918. The molecule has 172 valence electrons. The van der Waals surface area contributed by atoms with Crippen LogP contribution in [0, 0.1) is 11.7 Å². The maximum atomic E-state index is 14.4. The number of benzene rings is 1. The van der Waals surface area contributed by atoms with Crippen LogP contribution in [0.1, 0.15) is 16.1 Å². The fraction of sp³-hybridized carbons (Fsp3) is 0.304. The summed E-state index contributed by atoms with van der Waals surface area (Å²) >= 11 is -0.342. The van der Waals surface area contributed by atoms with Gasteiger partial charge < -0.3 is 0 Å². The van der Waals surface area contributed by atoms with E-state index in [1.165, 1.54) is 13.2 Å². The summed E-state index contributed by atoms with van der Waals surface area (Å²) in [4.78, 5) is 21.0. The van der Waals surface area contributed by atoms with Crippen molar-refractivity contribution >= 4 is 17.3 Å². The summed E-state index contributed by atoms with van der Waals surface area (Å²) in [5.41, 5.74) is 3.93. The molecule has 0 spiro atoms. The Labute approximate surface area is 200 Å². The average Bonchev–Trinajstić information content (AvgIpc) is 3.14. The van der Waals surface area contributed by atoms with Crippen LogP contribution >= 0.6 is 0 Å². The normalized spacial score (nSPS) is 23.3. The van der Waals surface area contributed by atoms with Crippen molar-refractivity contribution in [3.63, 3.8) is 0 Å². The van der Waals surface area contributed by atoms with Crippen LogP contribution in [0.25, 0.3) is 11.3 Å². The number of methoxy groups -OCH3 is 1. The molecule has 0 unspecified atom stereocenters. The molecular weight excluding hydrogens is 540 g/mol. The molecule has 3 aromatic rings. The second kappa shape index (κ2) is 8.17. The van der Waals surface area contributed by atoms with Crippen LogP contribution in [-0.2, 0) is 6.42 Å². The van der Waals surface area contributed by atoms with E-state index in [2.05, 4.69) is 23.7 Å². The molecule has 1 fully saturated rings. The Morgan fingerprint density at radius 1 is 1.33 bits per heavy atom. The fourth-order valence-electron chi connectivity index (χ4n) is 4.50. The number of ether oxygens (including phenoxy) is 2. The zero-order valence-corrected chi connectivity index (χ0v) is 20.0. The molecule has 4 aliphatic rings. The topological polar surface area (TPSA) is 91.5 Å². The van der Waals surface area contributed by atoms with Crippen LogP contribution in [0.4, 0.5) is 15.8 Å². The van der Waals surface area contributed by atoms with Crippen molar-refractivity contribution in [3.8, 4) is 22.8 Å². The van der Waals surface area contributed by atoms with Crippen molar-refractivity contribution in [2.75, 3.05) is 32.1 Å². The molecule has 10 heteroatoms. The summed E-state index contributed by atoms with van der Waals surface area (Å²) in [6.07, 6.45) is 4.13. The van der Waals surface area contributed by atoms with Gasteiger partial charge in [0.2, 0.25) is 0 Å². The van der Waals surface area contributed by atoms with Gasteiger partial charge in [0.1, 0.15) is 0 Å². The first-order valence-corrected chi connectivity index (χ1v) is 12.9. The second-order valence-corrected chi connectivity index (χ2v) is 11.7. The zero-order chi connectivity index (χ0) is 22.5. The van der Waals surface area contributed by atoms with Gasteiger partial charge in [-0.3, -0.25) is 0 Å². The third kappa shape index (κ3) is 3.61. The minimum absolute atomic E-state index is 0.0897. The van der Waals surface area contributed by atoms with E-state index in [0.717, 1.165) is 30.8 Å². The van der Waals surface area contributed by atoms with E-state index in [9.17, 15) is 9.18 Å². The van der Waals surface area contributed by atoms with E-state index < -0.39 is 5.82 Å². The quantitative estimate of drug-likeness (QED) is 0.179. The number of hydrogen-bond acceptors (Lipinski definition) is 6. The average molecular weight is 562 g/mol. The van der Waals surface area contributed by atoms with Gasteiger partial charge in [-0.25, -0.2) is 0 Å². The number of aromatic nitrogens is 2. The molecule has 0 aliphatic carbocycles. The third-order valence-electron chi connectivity index (χ3n) is 6.10. The first-order chi connectivity index (χ1) is 16.1. The summed E-state index contributed by atoms with van der Waals surface area (Å²) in [6, 6.07) is 6.54. The van der Waals surface area contributed by atoms with Crippen LogP contribution in [0.2, 0.25) is 0 Å². The van der Waals surface area contributed by atoms with Crippen molar-refractivity contribution in [3.05, 3.63) is 53.7 Å². The monoisotopic (exact) mass is 562 g/mol. The van der Waals surface area contributed by atoms with Crippen molar-refractivity contribution in [1.29, 1.82) is 0 Å². The van der Waals surface area contributed by atoms with Gasteiger partial charge in [0.15, 0.2) is 0 Å². The molecule has 7 rings (SSSR count). The standard InChI is InChI=1S/C23H22FIN5O3/c1-32-22-14(24)3-2-4-15(22)27-21-19-16-7-18(29-23(19)31)25-30-9-12(10-30)11-33-17-8-26-6-5-13(17)20(21)28-16/h2-6,8,12,18,27-28H,7,9-11H2,1H3,(H,29,31)/q-1/t18-/m0/s1. The van der Waals surface area contributed by atoms with Gasteiger partial charge in [0.25, 0.3) is 0 Å². The number of fused-ring (bicyclic) bond motifs is 1. The molecular formula is C23H22FIN5O3-. The zero-order valence-electron chi connectivity index (χ0n) is 17.8. The predicted molar refractivity (Wildman–Crippen MR) is 116 cm³/mol. The number of nitrogens with one attached hydrogen (secondary N) is 3. The summed E-state index contributed by atoms with van der Waals surface area (Å²) in [6.45, 7) is 2.63. The van der Waals surface area contributed by atoms with Gasteiger partial charge in [-0.2, -0.15) is 0 Å². The van der Waals surface area contributed by atoms with E-state index in [1.54, 1.807) is 24.5 Å². The number of anilines is 2. The Morgan fingerprint density at radius 2 is 2.21 bits per heavy atom. The number of alkyl halides is 1. The first kappa shape index (κ1) is 20.7. The van der Waals surface area contributed by atoms with Crippen molar-refractivity contribution in [2.24, 2.45) is 5.92 Å². The molecule has 1 saturated heterocycles. The van der Waals surface area contributed by atoms with Crippen LogP contribution in [0.3, 0.4) is 0 Å². The summed E-state index contributed by atoms with van der Waals surface area (Å²) < 4.78 is 28.4. The van der Waals surface area contributed by atoms with E-state index in [0.29, 0.717) is 40.9 Å². The Hall–Kier alpha value is -2.86. The molecule has 6 heterocycles. The van der Waals surface area contributed by atoms with Crippen LogP contribution < -0.4 is 41.6 Å². The second-order valence-electron chi connectivity index (χ2n) is 8.29. The first-order valence-electron chi connectivity index (χ1n) is 10.7. The van der Waals surface area contributed by atoms with Gasteiger partial charge in [-0.1, -0.05) is 0 Å². The molecule has 1 atom stereocenters. The molecule has 2 aromatic heterocycles. The number of rotatable bonds is 3. The van der Waals surface area contributed by atoms with Crippen LogP contribution in [-0.4, -0.2) is 49.8 Å². The number of carbonyl (C=O) groups is 1. The number of aromatic amines is 1. The minimum atomic E-state index is -0.480. The number of para-hydroxylation sites is 1. The fourth-order valence-corrected chi connectivity index (χ4v) is 8.08. The Morgan fingerprint density at radius 3 is 3.06 bits per heavy atom. The van der Waals surface area contributed by atoms with Crippen molar-refractivity contribution in [1.82, 2.24) is 18.4 Å².